The summed E-state index contributed by atoms with van der Waals surface area (Å²) in [6, 6.07) is 8.01. The highest BCUT2D eigenvalue weighted by Gasteiger charge is 2.19. The van der Waals surface area contributed by atoms with Crippen molar-refractivity contribution in [3.05, 3.63) is 36.9 Å². The fourth-order valence-corrected chi connectivity index (χ4v) is 2.25. The van der Waals surface area contributed by atoms with Crippen molar-refractivity contribution in [2.24, 2.45) is 0 Å². The van der Waals surface area contributed by atoms with E-state index in [-0.39, 0.29) is 12.7 Å². The first kappa shape index (κ1) is 13.7. The third-order valence-corrected chi connectivity index (χ3v) is 3.32. The van der Waals surface area contributed by atoms with Crippen LogP contribution in [0.3, 0.4) is 0 Å². The lowest BCUT2D eigenvalue weighted by molar-refractivity contribution is 0.00357. The van der Waals surface area contributed by atoms with Crippen LogP contribution in [0.2, 0.25) is 0 Å². The SMILES string of the molecule is OC[C@H]1CN(c2ccc(Nc3ncncn3)cc2)CCO1. The molecule has 0 aliphatic carbocycles. The molecule has 1 aromatic heterocycles. The number of hydrogen-bond donors (Lipinski definition) is 2. The lowest BCUT2D eigenvalue weighted by Gasteiger charge is -2.33. The second kappa shape index (κ2) is 6.47. The largest absolute Gasteiger partial charge is 0.394 e. The molecule has 0 saturated carbocycles. The van der Waals surface area contributed by atoms with E-state index in [1.165, 1.54) is 12.7 Å². The van der Waals surface area contributed by atoms with Crippen molar-refractivity contribution in [3.63, 3.8) is 0 Å². The summed E-state index contributed by atoms with van der Waals surface area (Å²) in [7, 11) is 0. The van der Waals surface area contributed by atoms with E-state index < -0.39 is 0 Å². The lowest BCUT2D eigenvalue weighted by Crippen LogP contribution is -2.44. The molecule has 1 aliphatic rings. The molecule has 2 heterocycles. The minimum Gasteiger partial charge on any atom is -0.394 e. The number of nitrogens with one attached hydrogen (secondary N) is 1. The fraction of sp³-hybridized carbons (Fsp3) is 0.357. The number of aliphatic hydroxyl groups excluding tert-OH is 1. The predicted octanol–water partition coefficient (Wildman–Crippen LogP) is 0.813. The topological polar surface area (TPSA) is 83.4 Å². The number of rotatable bonds is 4. The lowest BCUT2D eigenvalue weighted by atomic mass is 10.2. The second-order valence-corrected chi connectivity index (χ2v) is 4.76. The summed E-state index contributed by atoms with van der Waals surface area (Å²) in [5.41, 5.74) is 2.02. The Morgan fingerprint density at radius 3 is 2.71 bits per heavy atom. The van der Waals surface area contributed by atoms with Crippen molar-refractivity contribution >= 4 is 17.3 Å². The van der Waals surface area contributed by atoms with Crippen LogP contribution in [0.1, 0.15) is 0 Å². The second-order valence-electron chi connectivity index (χ2n) is 4.76. The Labute approximate surface area is 122 Å². The summed E-state index contributed by atoms with van der Waals surface area (Å²) in [6.45, 7) is 2.22. The molecule has 0 amide bonds. The molecule has 0 unspecified atom stereocenters. The summed E-state index contributed by atoms with van der Waals surface area (Å²) in [6.07, 6.45) is 2.79. The summed E-state index contributed by atoms with van der Waals surface area (Å²) in [4.78, 5) is 14.0. The Hall–Kier alpha value is -2.25. The molecule has 7 heteroatoms. The van der Waals surface area contributed by atoms with Crippen LogP contribution in [0.15, 0.2) is 36.9 Å². The maximum Gasteiger partial charge on any atom is 0.230 e. The van der Waals surface area contributed by atoms with Crippen molar-refractivity contribution in [1.29, 1.82) is 0 Å². The van der Waals surface area contributed by atoms with Crippen LogP contribution >= 0.6 is 0 Å². The van der Waals surface area contributed by atoms with E-state index in [1.54, 1.807) is 0 Å². The smallest absolute Gasteiger partial charge is 0.230 e. The number of nitrogens with zero attached hydrogens (tertiary/aromatic N) is 4. The molecule has 21 heavy (non-hydrogen) atoms. The zero-order valence-electron chi connectivity index (χ0n) is 11.5. The molecule has 0 radical (unpaired) electrons. The van der Waals surface area contributed by atoms with Crippen LogP contribution in [-0.4, -0.2) is 52.5 Å². The Morgan fingerprint density at radius 1 is 1.24 bits per heavy atom. The van der Waals surface area contributed by atoms with Crippen molar-refractivity contribution in [2.45, 2.75) is 6.10 Å². The third-order valence-electron chi connectivity index (χ3n) is 3.32. The van der Waals surface area contributed by atoms with Gasteiger partial charge in [-0.3, -0.25) is 0 Å². The molecule has 2 N–H and O–H groups in total. The van der Waals surface area contributed by atoms with E-state index >= 15 is 0 Å². The molecule has 1 aliphatic heterocycles. The monoisotopic (exact) mass is 287 g/mol. The van der Waals surface area contributed by atoms with Gasteiger partial charge in [-0.2, -0.15) is 0 Å². The summed E-state index contributed by atoms with van der Waals surface area (Å²) in [5, 5.41) is 12.3. The van der Waals surface area contributed by atoms with E-state index in [1.807, 2.05) is 24.3 Å². The molecule has 0 bridgehead atoms. The first-order valence-corrected chi connectivity index (χ1v) is 6.81. The summed E-state index contributed by atoms with van der Waals surface area (Å²) in [5.74, 6) is 0.518. The van der Waals surface area contributed by atoms with Gasteiger partial charge in [0.05, 0.1) is 19.3 Å². The molecule has 1 aromatic carbocycles. The Kier molecular flexibility index (Phi) is 4.23. The van der Waals surface area contributed by atoms with Crippen LogP contribution in [0.4, 0.5) is 17.3 Å². The molecule has 1 fully saturated rings. The zero-order valence-corrected chi connectivity index (χ0v) is 11.5. The van der Waals surface area contributed by atoms with Gasteiger partial charge in [-0.15, -0.1) is 0 Å². The quantitative estimate of drug-likeness (QED) is 0.861. The molecular formula is C14H17N5O2. The van der Waals surface area contributed by atoms with Gasteiger partial charge in [0.25, 0.3) is 0 Å². The van der Waals surface area contributed by atoms with Crippen LogP contribution < -0.4 is 10.2 Å². The van der Waals surface area contributed by atoms with Gasteiger partial charge >= 0.3 is 0 Å². The average Bonchev–Trinajstić information content (AvgIpc) is 2.56. The zero-order chi connectivity index (χ0) is 14.5. The fourth-order valence-electron chi connectivity index (χ4n) is 2.25. The van der Waals surface area contributed by atoms with Crippen LogP contribution in [0.5, 0.6) is 0 Å². The summed E-state index contributed by atoms with van der Waals surface area (Å²) >= 11 is 0. The van der Waals surface area contributed by atoms with E-state index in [9.17, 15) is 5.11 Å². The normalized spacial score (nSPS) is 18.5. The number of hydrogen-bond acceptors (Lipinski definition) is 7. The van der Waals surface area contributed by atoms with Gasteiger partial charge in [-0.25, -0.2) is 15.0 Å². The number of morpholine rings is 1. The van der Waals surface area contributed by atoms with E-state index in [0.717, 1.165) is 17.9 Å². The summed E-state index contributed by atoms with van der Waals surface area (Å²) < 4.78 is 5.46. The van der Waals surface area contributed by atoms with Crippen LogP contribution in [-0.2, 0) is 4.74 Å². The first-order valence-electron chi connectivity index (χ1n) is 6.81. The minimum atomic E-state index is -0.109. The van der Waals surface area contributed by atoms with E-state index in [0.29, 0.717) is 19.1 Å². The van der Waals surface area contributed by atoms with Gasteiger partial charge in [0.15, 0.2) is 0 Å². The van der Waals surface area contributed by atoms with Crippen molar-refractivity contribution < 1.29 is 9.84 Å². The Balaban J connectivity index is 1.66. The average molecular weight is 287 g/mol. The third kappa shape index (κ3) is 3.45. The predicted molar refractivity (Wildman–Crippen MR) is 78.6 cm³/mol. The van der Waals surface area contributed by atoms with Gasteiger partial charge in [0.1, 0.15) is 12.7 Å². The molecule has 2 aromatic rings. The molecule has 1 atom stereocenters. The molecule has 7 nitrogen and oxygen atoms in total. The van der Waals surface area contributed by atoms with E-state index in [4.69, 9.17) is 4.74 Å². The highest BCUT2D eigenvalue weighted by molar-refractivity contribution is 5.59. The van der Waals surface area contributed by atoms with Gasteiger partial charge in [-0.1, -0.05) is 0 Å². The molecule has 1 saturated heterocycles. The number of benzene rings is 1. The van der Waals surface area contributed by atoms with Crippen molar-refractivity contribution in [2.75, 3.05) is 36.5 Å². The molecule has 110 valence electrons. The number of anilines is 3. The van der Waals surface area contributed by atoms with Crippen molar-refractivity contribution in [3.8, 4) is 0 Å². The van der Waals surface area contributed by atoms with Crippen molar-refractivity contribution in [1.82, 2.24) is 15.0 Å². The molecular weight excluding hydrogens is 270 g/mol. The van der Waals surface area contributed by atoms with Crippen LogP contribution in [0.25, 0.3) is 0 Å². The Morgan fingerprint density at radius 2 is 2.00 bits per heavy atom. The standard InChI is InChI=1S/C14H17N5O2/c20-8-13-7-19(5-6-21-13)12-3-1-11(2-4-12)18-14-16-9-15-10-17-14/h1-4,9-10,13,20H,5-8H2,(H,15,16,17,18)/t13-/m1/s1. The maximum atomic E-state index is 9.18. The highest BCUT2D eigenvalue weighted by atomic mass is 16.5. The number of aromatic nitrogens is 3. The molecule has 3 rings (SSSR count). The Bertz CT molecular complexity index is 563. The van der Waals surface area contributed by atoms with Gasteiger partial charge < -0.3 is 20.1 Å². The maximum absolute atomic E-state index is 9.18. The number of ether oxygens (including phenoxy) is 1. The molecule has 0 spiro atoms. The van der Waals surface area contributed by atoms with E-state index in [2.05, 4.69) is 25.2 Å². The van der Waals surface area contributed by atoms with Gasteiger partial charge in [0.2, 0.25) is 5.95 Å². The number of aliphatic hydroxyl groups is 1. The van der Waals surface area contributed by atoms with Gasteiger partial charge in [0, 0.05) is 24.5 Å². The first-order chi connectivity index (χ1) is 10.3. The minimum absolute atomic E-state index is 0.0511. The highest BCUT2D eigenvalue weighted by Crippen LogP contribution is 2.21. The van der Waals surface area contributed by atoms with Gasteiger partial charge in [-0.05, 0) is 24.3 Å². The van der Waals surface area contributed by atoms with Crippen LogP contribution in [0, 0.1) is 0 Å².